The highest BCUT2D eigenvalue weighted by molar-refractivity contribution is 5.71. The van der Waals surface area contributed by atoms with Gasteiger partial charge in [-0.3, -0.25) is 14.4 Å². The predicted molar refractivity (Wildman–Crippen MR) is 302 cm³/mol. The molecule has 1 unspecified atom stereocenters. The highest BCUT2D eigenvalue weighted by Gasteiger charge is 2.19. The molecule has 0 saturated carbocycles. The van der Waals surface area contributed by atoms with Crippen LogP contribution in [0.25, 0.3) is 0 Å². The Balaban J connectivity index is 4.41. The molecule has 0 spiro atoms. The van der Waals surface area contributed by atoms with Gasteiger partial charge in [-0.05, 0) is 116 Å². The zero-order chi connectivity index (χ0) is 50.7. The van der Waals surface area contributed by atoms with E-state index in [1.165, 1.54) is 44.9 Å². The summed E-state index contributed by atoms with van der Waals surface area (Å²) in [6, 6.07) is 0. The zero-order valence-corrected chi connectivity index (χ0v) is 45.0. The van der Waals surface area contributed by atoms with Crippen LogP contribution in [0.1, 0.15) is 233 Å². The summed E-state index contributed by atoms with van der Waals surface area (Å²) in [6.45, 7) is 6.33. The molecule has 0 heterocycles. The van der Waals surface area contributed by atoms with E-state index < -0.39 is 6.10 Å². The highest BCUT2D eigenvalue weighted by Crippen LogP contribution is 2.13. The van der Waals surface area contributed by atoms with E-state index in [1.807, 2.05) is 0 Å². The van der Waals surface area contributed by atoms with Crippen molar-refractivity contribution in [2.24, 2.45) is 0 Å². The number of unbranched alkanes of at least 4 members (excludes halogenated alkanes) is 16. The Labute approximate surface area is 430 Å². The number of hydrogen-bond donors (Lipinski definition) is 0. The van der Waals surface area contributed by atoms with Crippen molar-refractivity contribution in [3.05, 3.63) is 134 Å². The molecule has 0 amide bonds. The van der Waals surface area contributed by atoms with Crippen molar-refractivity contribution in [2.45, 2.75) is 239 Å². The maximum absolute atomic E-state index is 12.8. The Morgan fingerprint density at radius 3 is 0.900 bits per heavy atom. The summed E-state index contributed by atoms with van der Waals surface area (Å²) >= 11 is 0. The number of carbonyl (C=O) groups is 3. The molecule has 0 saturated heterocycles. The van der Waals surface area contributed by atoms with Gasteiger partial charge >= 0.3 is 17.9 Å². The maximum Gasteiger partial charge on any atom is 0.306 e. The normalized spacial score (nSPS) is 13.1. The Morgan fingerprint density at radius 1 is 0.300 bits per heavy atom. The Hall–Kier alpha value is -4.45. The van der Waals surface area contributed by atoms with Gasteiger partial charge in [0.15, 0.2) is 6.10 Å². The summed E-state index contributed by atoms with van der Waals surface area (Å²) in [5.74, 6) is -0.972. The van der Waals surface area contributed by atoms with E-state index in [1.54, 1.807) is 0 Å². The van der Waals surface area contributed by atoms with Crippen molar-refractivity contribution in [2.75, 3.05) is 13.2 Å². The first-order valence-electron chi connectivity index (χ1n) is 28.2. The van der Waals surface area contributed by atoms with Gasteiger partial charge in [-0.2, -0.15) is 0 Å². The largest absolute Gasteiger partial charge is 0.462 e. The fourth-order valence-electron chi connectivity index (χ4n) is 7.24. The topological polar surface area (TPSA) is 78.9 Å². The number of carbonyl (C=O) groups excluding carboxylic acids is 3. The van der Waals surface area contributed by atoms with Crippen molar-refractivity contribution in [3.63, 3.8) is 0 Å². The first-order valence-corrected chi connectivity index (χ1v) is 28.2. The van der Waals surface area contributed by atoms with Gasteiger partial charge in [0.1, 0.15) is 13.2 Å². The van der Waals surface area contributed by atoms with E-state index in [0.717, 1.165) is 141 Å². The summed E-state index contributed by atoms with van der Waals surface area (Å²) in [4.78, 5) is 38.0. The third kappa shape index (κ3) is 54.5. The molecule has 0 fully saturated rings. The molecule has 6 nitrogen and oxygen atoms in total. The van der Waals surface area contributed by atoms with Gasteiger partial charge in [0.25, 0.3) is 0 Å². The van der Waals surface area contributed by atoms with Crippen molar-refractivity contribution in [1.82, 2.24) is 0 Å². The third-order valence-corrected chi connectivity index (χ3v) is 11.4. The Kier molecular flexibility index (Phi) is 53.5. The molecule has 394 valence electrons. The van der Waals surface area contributed by atoms with Crippen LogP contribution in [-0.4, -0.2) is 37.2 Å². The average Bonchev–Trinajstić information content (AvgIpc) is 3.36. The lowest BCUT2D eigenvalue weighted by Crippen LogP contribution is -2.30. The molecule has 0 aliphatic carbocycles. The lowest BCUT2D eigenvalue weighted by atomic mass is 10.1. The maximum atomic E-state index is 12.8. The van der Waals surface area contributed by atoms with Crippen LogP contribution in [0, 0.1) is 0 Å². The fourth-order valence-corrected chi connectivity index (χ4v) is 7.24. The number of esters is 3. The molecule has 0 rings (SSSR count). The van der Waals surface area contributed by atoms with Crippen LogP contribution in [0.4, 0.5) is 0 Å². The van der Waals surface area contributed by atoms with Crippen LogP contribution in [0.2, 0.25) is 0 Å². The minimum absolute atomic E-state index is 0.102. The molecule has 0 aliphatic rings. The molecule has 0 aromatic rings. The van der Waals surface area contributed by atoms with Crippen LogP contribution >= 0.6 is 0 Å². The summed E-state index contributed by atoms with van der Waals surface area (Å²) in [6.07, 6.45) is 80.2. The molecule has 70 heavy (non-hydrogen) atoms. The molecular formula is C64H102O6. The molecule has 0 aromatic carbocycles. The van der Waals surface area contributed by atoms with Crippen molar-refractivity contribution < 1.29 is 28.6 Å². The number of allylic oxidation sites excluding steroid dienone is 22. The van der Waals surface area contributed by atoms with Crippen molar-refractivity contribution in [1.29, 1.82) is 0 Å². The van der Waals surface area contributed by atoms with Crippen LogP contribution in [0.3, 0.4) is 0 Å². The predicted octanol–water partition coefficient (Wildman–Crippen LogP) is 19.0. The summed E-state index contributed by atoms with van der Waals surface area (Å²) in [5.41, 5.74) is 0. The van der Waals surface area contributed by atoms with Gasteiger partial charge in [0, 0.05) is 19.3 Å². The number of ether oxygens (including phenoxy) is 3. The third-order valence-electron chi connectivity index (χ3n) is 11.4. The van der Waals surface area contributed by atoms with Crippen molar-refractivity contribution >= 4 is 17.9 Å². The standard InChI is InChI=1S/C64H102O6/c1-4-7-10-13-16-19-22-24-26-27-28-29-30-31-32-33-34-35-36-37-39-40-42-45-48-51-54-57-63(66)69-60-61(59-68-62(65)56-53-50-47-44-21-18-15-12-9-6-3)70-64(67)58-55-52-49-46-43-41-38-25-23-20-17-14-11-8-5-2/h7-8,10-11,16-17,19-20,24-26,28-29,31-32,34-35,37-39,42,45,61H,4-6,9,12-15,18,21-23,27,30,33,36,40-41,43-44,46-60H2,1-3H3/b10-7-,11-8-,19-16-,20-17-,26-24-,29-28-,32-31-,35-34-,38-25-,39-37-,45-42-. The minimum Gasteiger partial charge on any atom is -0.462 e. The SMILES string of the molecule is CC/C=C\C/C=C\C/C=C\C/C=C\C/C=C\C/C=C\C/C=C\C/C=C\CCCCC(=O)OCC(COC(=O)CCCCCCCCCCCC)OC(=O)CCCCCCC/C=C\C/C=C\C/C=C\CC. The molecule has 0 aromatic heterocycles. The highest BCUT2D eigenvalue weighted by atomic mass is 16.6. The average molecular weight is 968 g/mol. The summed E-state index contributed by atoms with van der Waals surface area (Å²) in [7, 11) is 0. The van der Waals surface area contributed by atoms with E-state index in [-0.39, 0.29) is 31.1 Å². The van der Waals surface area contributed by atoms with Gasteiger partial charge in [-0.15, -0.1) is 0 Å². The van der Waals surface area contributed by atoms with Gasteiger partial charge in [0.05, 0.1) is 0 Å². The smallest absolute Gasteiger partial charge is 0.306 e. The monoisotopic (exact) mass is 967 g/mol. The fraction of sp³-hybridized carbons (Fsp3) is 0.609. The molecule has 6 heteroatoms. The van der Waals surface area contributed by atoms with Crippen LogP contribution in [0.5, 0.6) is 0 Å². The zero-order valence-electron chi connectivity index (χ0n) is 45.0. The minimum atomic E-state index is -0.807. The van der Waals surface area contributed by atoms with Crippen molar-refractivity contribution in [3.8, 4) is 0 Å². The molecule has 0 bridgehead atoms. The van der Waals surface area contributed by atoms with E-state index in [0.29, 0.717) is 25.7 Å². The van der Waals surface area contributed by atoms with E-state index in [9.17, 15) is 14.4 Å². The van der Waals surface area contributed by atoms with Crippen LogP contribution in [-0.2, 0) is 28.6 Å². The number of hydrogen-bond acceptors (Lipinski definition) is 6. The first kappa shape index (κ1) is 65.5. The van der Waals surface area contributed by atoms with E-state index >= 15 is 0 Å². The molecule has 0 N–H and O–H groups in total. The molecular weight excluding hydrogens is 865 g/mol. The van der Waals surface area contributed by atoms with Gasteiger partial charge in [-0.1, -0.05) is 231 Å². The lowest BCUT2D eigenvalue weighted by molar-refractivity contribution is -0.167. The second-order valence-corrected chi connectivity index (χ2v) is 18.1. The molecule has 0 radical (unpaired) electrons. The van der Waals surface area contributed by atoms with Crippen LogP contribution < -0.4 is 0 Å². The second-order valence-electron chi connectivity index (χ2n) is 18.1. The lowest BCUT2D eigenvalue weighted by Gasteiger charge is -2.18. The summed E-state index contributed by atoms with van der Waals surface area (Å²) in [5, 5.41) is 0. The Bertz CT molecular complexity index is 1530. The van der Waals surface area contributed by atoms with Gasteiger partial charge in [-0.25, -0.2) is 0 Å². The van der Waals surface area contributed by atoms with E-state index in [4.69, 9.17) is 14.2 Å². The first-order chi connectivity index (χ1) is 34.5. The quantitative estimate of drug-likeness (QED) is 0.0262. The van der Waals surface area contributed by atoms with E-state index in [2.05, 4.69) is 154 Å². The van der Waals surface area contributed by atoms with Crippen LogP contribution in [0.15, 0.2) is 134 Å². The summed E-state index contributed by atoms with van der Waals surface area (Å²) < 4.78 is 16.8. The Morgan fingerprint density at radius 2 is 0.557 bits per heavy atom. The van der Waals surface area contributed by atoms with Gasteiger partial charge < -0.3 is 14.2 Å². The second kappa shape index (κ2) is 57.1. The molecule has 1 atom stereocenters. The number of rotatable bonds is 49. The molecule has 0 aliphatic heterocycles. The van der Waals surface area contributed by atoms with Gasteiger partial charge in [0.2, 0.25) is 0 Å².